The molecule has 1 heterocycles. The quantitative estimate of drug-likeness (QED) is 0.589. The lowest BCUT2D eigenvalue weighted by atomic mass is 10.1. The van der Waals surface area contributed by atoms with E-state index < -0.39 is 16.9 Å². The SMILES string of the molecule is O=C(C[C@H]1Nc2ccccc2NC1=O)Nc1ccccc1[N+](=O)[O-]. The van der Waals surface area contributed by atoms with Gasteiger partial charge in [-0.05, 0) is 18.2 Å². The van der Waals surface area contributed by atoms with Gasteiger partial charge in [0.05, 0.1) is 22.7 Å². The Morgan fingerprint density at radius 1 is 1.12 bits per heavy atom. The second-order valence-electron chi connectivity index (χ2n) is 5.26. The number of rotatable bonds is 4. The molecule has 2 amide bonds. The van der Waals surface area contributed by atoms with Crippen molar-refractivity contribution in [3.8, 4) is 0 Å². The zero-order valence-corrected chi connectivity index (χ0v) is 12.5. The number of hydrogen-bond acceptors (Lipinski definition) is 5. The standard InChI is InChI=1S/C16H14N4O4/c21-15(18-12-7-3-4-8-14(12)20(23)24)9-13-16(22)19-11-6-2-1-5-10(11)17-13/h1-8,13,17H,9H2,(H,18,21)(H,19,22)/t13-/m1/s1. The van der Waals surface area contributed by atoms with E-state index in [1.54, 1.807) is 24.3 Å². The Labute approximate surface area is 137 Å². The molecule has 8 nitrogen and oxygen atoms in total. The maximum absolute atomic E-state index is 12.2. The second kappa shape index (κ2) is 6.37. The third kappa shape index (κ3) is 3.17. The summed E-state index contributed by atoms with van der Waals surface area (Å²) in [7, 11) is 0. The van der Waals surface area contributed by atoms with Crippen molar-refractivity contribution in [1.29, 1.82) is 0 Å². The van der Waals surface area contributed by atoms with Crippen molar-refractivity contribution in [2.75, 3.05) is 16.0 Å². The first-order valence-corrected chi connectivity index (χ1v) is 7.24. The van der Waals surface area contributed by atoms with Gasteiger partial charge in [-0.3, -0.25) is 19.7 Å². The number of nitrogens with one attached hydrogen (secondary N) is 3. The van der Waals surface area contributed by atoms with Crippen LogP contribution in [0.4, 0.5) is 22.7 Å². The van der Waals surface area contributed by atoms with Crippen molar-refractivity contribution < 1.29 is 14.5 Å². The third-order valence-electron chi connectivity index (χ3n) is 3.60. The smallest absolute Gasteiger partial charge is 0.292 e. The summed E-state index contributed by atoms with van der Waals surface area (Å²) >= 11 is 0. The van der Waals surface area contributed by atoms with Crippen LogP contribution < -0.4 is 16.0 Å². The summed E-state index contributed by atoms with van der Waals surface area (Å²) in [6, 6.07) is 12.3. The van der Waals surface area contributed by atoms with Crippen LogP contribution in [-0.2, 0) is 9.59 Å². The minimum Gasteiger partial charge on any atom is -0.372 e. The molecule has 1 aliphatic rings. The average molecular weight is 326 g/mol. The van der Waals surface area contributed by atoms with Crippen LogP contribution in [0.5, 0.6) is 0 Å². The number of nitro groups is 1. The van der Waals surface area contributed by atoms with Crippen LogP contribution in [0.3, 0.4) is 0 Å². The first-order chi connectivity index (χ1) is 11.5. The highest BCUT2D eigenvalue weighted by molar-refractivity contribution is 6.06. The highest BCUT2D eigenvalue weighted by Crippen LogP contribution is 2.27. The Hall–Kier alpha value is -3.42. The van der Waals surface area contributed by atoms with E-state index in [9.17, 15) is 19.7 Å². The fourth-order valence-corrected chi connectivity index (χ4v) is 2.46. The van der Waals surface area contributed by atoms with Crippen LogP contribution in [0.2, 0.25) is 0 Å². The molecule has 0 unspecified atom stereocenters. The zero-order chi connectivity index (χ0) is 17.1. The highest BCUT2D eigenvalue weighted by Gasteiger charge is 2.28. The summed E-state index contributed by atoms with van der Waals surface area (Å²) in [6.45, 7) is 0. The van der Waals surface area contributed by atoms with Crippen LogP contribution in [0.25, 0.3) is 0 Å². The van der Waals surface area contributed by atoms with E-state index >= 15 is 0 Å². The van der Waals surface area contributed by atoms with Crippen LogP contribution >= 0.6 is 0 Å². The largest absolute Gasteiger partial charge is 0.372 e. The van der Waals surface area contributed by atoms with Gasteiger partial charge in [-0.25, -0.2) is 0 Å². The molecule has 0 spiro atoms. The van der Waals surface area contributed by atoms with Gasteiger partial charge in [0, 0.05) is 6.07 Å². The maximum Gasteiger partial charge on any atom is 0.292 e. The first-order valence-electron chi connectivity index (χ1n) is 7.24. The van der Waals surface area contributed by atoms with Crippen molar-refractivity contribution >= 4 is 34.6 Å². The van der Waals surface area contributed by atoms with E-state index in [0.717, 1.165) is 5.69 Å². The number of anilines is 3. The van der Waals surface area contributed by atoms with Gasteiger partial charge in [0.1, 0.15) is 11.7 Å². The van der Waals surface area contributed by atoms with E-state index in [4.69, 9.17) is 0 Å². The number of fused-ring (bicyclic) bond motifs is 1. The molecule has 1 atom stereocenters. The molecular weight excluding hydrogens is 312 g/mol. The normalized spacial score (nSPS) is 15.7. The summed E-state index contributed by atoms with van der Waals surface area (Å²) in [5.74, 6) is -0.817. The molecule has 3 rings (SSSR count). The molecule has 122 valence electrons. The maximum atomic E-state index is 12.2. The summed E-state index contributed by atoms with van der Waals surface area (Å²) in [4.78, 5) is 34.6. The van der Waals surface area contributed by atoms with Gasteiger partial charge >= 0.3 is 0 Å². The number of hydrogen-bond donors (Lipinski definition) is 3. The lowest BCUT2D eigenvalue weighted by Crippen LogP contribution is -2.41. The van der Waals surface area contributed by atoms with E-state index in [0.29, 0.717) is 5.69 Å². The molecule has 3 N–H and O–H groups in total. The molecule has 8 heteroatoms. The van der Waals surface area contributed by atoms with Gasteiger partial charge in [0.25, 0.3) is 5.69 Å². The van der Waals surface area contributed by atoms with Crippen LogP contribution in [-0.4, -0.2) is 22.8 Å². The topological polar surface area (TPSA) is 113 Å². The van der Waals surface area contributed by atoms with E-state index in [1.165, 1.54) is 18.2 Å². The van der Waals surface area contributed by atoms with Gasteiger partial charge in [-0.1, -0.05) is 24.3 Å². The Morgan fingerprint density at radius 3 is 2.54 bits per heavy atom. The molecule has 2 aromatic rings. The molecular formula is C16H14N4O4. The molecule has 24 heavy (non-hydrogen) atoms. The van der Waals surface area contributed by atoms with Gasteiger partial charge < -0.3 is 16.0 Å². The van der Waals surface area contributed by atoms with Crippen molar-refractivity contribution in [3.05, 3.63) is 58.6 Å². The molecule has 0 aliphatic carbocycles. The number of benzene rings is 2. The molecule has 2 aromatic carbocycles. The van der Waals surface area contributed by atoms with Gasteiger partial charge in [-0.15, -0.1) is 0 Å². The predicted molar refractivity (Wildman–Crippen MR) is 88.8 cm³/mol. The van der Waals surface area contributed by atoms with Gasteiger partial charge in [-0.2, -0.15) is 0 Å². The minimum absolute atomic E-state index is 0.101. The molecule has 0 fully saturated rings. The summed E-state index contributed by atoms with van der Waals surface area (Å²) < 4.78 is 0. The number of nitro benzene ring substituents is 1. The van der Waals surface area contributed by atoms with E-state index in [2.05, 4.69) is 16.0 Å². The van der Waals surface area contributed by atoms with Crippen molar-refractivity contribution in [1.82, 2.24) is 0 Å². The van der Waals surface area contributed by atoms with Gasteiger partial charge in [0.2, 0.25) is 11.8 Å². The fraction of sp³-hybridized carbons (Fsp3) is 0.125. The molecule has 0 saturated heterocycles. The van der Waals surface area contributed by atoms with Crippen molar-refractivity contribution in [3.63, 3.8) is 0 Å². The summed E-state index contributed by atoms with van der Waals surface area (Å²) in [5.41, 5.74) is 1.28. The predicted octanol–water partition coefficient (Wildman–Crippen LogP) is 2.36. The lowest BCUT2D eigenvalue weighted by Gasteiger charge is -2.26. The summed E-state index contributed by atoms with van der Waals surface area (Å²) in [5, 5.41) is 19.2. The number of carbonyl (C=O) groups excluding carboxylic acids is 2. The first kappa shape index (κ1) is 15.5. The zero-order valence-electron chi connectivity index (χ0n) is 12.5. The Bertz CT molecular complexity index is 821. The Balaban J connectivity index is 1.70. The molecule has 0 saturated carbocycles. The molecule has 1 aliphatic heterocycles. The Morgan fingerprint density at radius 2 is 1.79 bits per heavy atom. The highest BCUT2D eigenvalue weighted by atomic mass is 16.6. The minimum atomic E-state index is -0.748. The molecule has 0 bridgehead atoms. The van der Waals surface area contributed by atoms with Crippen molar-refractivity contribution in [2.45, 2.75) is 12.5 Å². The lowest BCUT2D eigenvalue weighted by molar-refractivity contribution is -0.383. The third-order valence-corrected chi connectivity index (χ3v) is 3.60. The van der Waals surface area contributed by atoms with E-state index in [-0.39, 0.29) is 23.7 Å². The average Bonchev–Trinajstić information content (AvgIpc) is 2.55. The monoisotopic (exact) mass is 326 g/mol. The number of amides is 2. The van der Waals surface area contributed by atoms with Crippen LogP contribution in [0.15, 0.2) is 48.5 Å². The Kier molecular flexibility index (Phi) is 4.11. The second-order valence-corrected chi connectivity index (χ2v) is 5.26. The number of carbonyl (C=O) groups is 2. The fourth-order valence-electron chi connectivity index (χ4n) is 2.46. The number of nitrogens with zero attached hydrogens (tertiary/aromatic N) is 1. The molecule has 0 radical (unpaired) electrons. The van der Waals surface area contributed by atoms with E-state index in [1.807, 2.05) is 6.07 Å². The molecule has 0 aromatic heterocycles. The van der Waals surface area contributed by atoms with Crippen molar-refractivity contribution in [2.24, 2.45) is 0 Å². The van der Waals surface area contributed by atoms with Crippen LogP contribution in [0.1, 0.15) is 6.42 Å². The van der Waals surface area contributed by atoms with Crippen LogP contribution in [0, 0.1) is 10.1 Å². The van der Waals surface area contributed by atoms with Gasteiger partial charge in [0.15, 0.2) is 0 Å². The summed E-state index contributed by atoms with van der Waals surface area (Å²) in [6.07, 6.45) is -0.147. The number of para-hydroxylation sites is 4.